The van der Waals surface area contributed by atoms with Gasteiger partial charge in [-0.2, -0.15) is 0 Å². The van der Waals surface area contributed by atoms with E-state index in [9.17, 15) is 8.78 Å². The van der Waals surface area contributed by atoms with Gasteiger partial charge in [0.05, 0.1) is 0 Å². The highest BCUT2D eigenvalue weighted by molar-refractivity contribution is 5.84. The van der Waals surface area contributed by atoms with Crippen LogP contribution in [-0.2, 0) is 0 Å². The van der Waals surface area contributed by atoms with E-state index in [2.05, 4.69) is 6.58 Å². The van der Waals surface area contributed by atoms with Crippen molar-refractivity contribution in [2.45, 2.75) is 0 Å². The van der Waals surface area contributed by atoms with Crippen molar-refractivity contribution < 1.29 is 8.78 Å². The van der Waals surface area contributed by atoms with E-state index in [-0.39, 0.29) is 22.4 Å². The summed E-state index contributed by atoms with van der Waals surface area (Å²) in [7, 11) is 0. The molecule has 0 saturated heterocycles. The molecule has 17 heavy (non-hydrogen) atoms. The van der Waals surface area contributed by atoms with Crippen molar-refractivity contribution in [2.75, 3.05) is 5.73 Å². The summed E-state index contributed by atoms with van der Waals surface area (Å²) in [4.78, 5) is 0. The molecule has 2 aromatic carbocycles. The maximum absolute atomic E-state index is 13.7. The van der Waals surface area contributed by atoms with Crippen molar-refractivity contribution in [3.8, 4) is 0 Å². The molecule has 0 spiro atoms. The molecule has 0 saturated carbocycles. The van der Waals surface area contributed by atoms with Gasteiger partial charge in [-0.15, -0.1) is 0 Å². The molecule has 2 aromatic rings. The van der Waals surface area contributed by atoms with Crippen LogP contribution >= 0.6 is 0 Å². The molecule has 0 heterocycles. The quantitative estimate of drug-likeness (QED) is 0.785. The summed E-state index contributed by atoms with van der Waals surface area (Å²) in [5.41, 5.74) is 6.59. The highest BCUT2D eigenvalue weighted by Gasteiger charge is 2.14. The number of benzene rings is 2. The van der Waals surface area contributed by atoms with Gasteiger partial charge in [-0.1, -0.05) is 30.8 Å². The van der Waals surface area contributed by atoms with Crippen LogP contribution in [0.3, 0.4) is 0 Å². The predicted octanol–water partition coefficient (Wildman–Crippen LogP) is 3.61. The molecule has 1 nitrogen and oxygen atoms in total. The molecule has 0 aliphatic rings. The molecule has 0 atom stereocenters. The summed E-state index contributed by atoms with van der Waals surface area (Å²) in [6, 6.07) is 10.4. The van der Waals surface area contributed by atoms with Gasteiger partial charge in [-0.25, -0.2) is 8.78 Å². The van der Waals surface area contributed by atoms with Crippen LogP contribution in [0.2, 0.25) is 0 Å². The Kier molecular flexibility index (Phi) is 2.91. The highest BCUT2D eigenvalue weighted by Crippen LogP contribution is 2.29. The molecule has 0 bridgehead atoms. The summed E-state index contributed by atoms with van der Waals surface area (Å²) in [6.07, 6.45) is 0. The molecule has 2 N–H and O–H groups in total. The van der Waals surface area contributed by atoms with E-state index in [4.69, 9.17) is 5.73 Å². The minimum Gasteiger partial charge on any atom is -0.398 e. The second-order valence-electron chi connectivity index (χ2n) is 3.66. The van der Waals surface area contributed by atoms with Gasteiger partial charge < -0.3 is 5.73 Å². The van der Waals surface area contributed by atoms with E-state index in [1.165, 1.54) is 18.2 Å². The van der Waals surface area contributed by atoms with Crippen molar-refractivity contribution in [2.24, 2.45) is 0 Å². The molecule has 3 heteroatoms. The standard InChI is InChI=1S/C14H11F2N/c1-9(10-5-2-3-6-11(10)15)14-12(16)7-4-8-13(14)17/h2-8H,1,17H2. The van der Waals surface area contributed by atoms with Gasteiger partial charge in [0, 0.05) is 16.8 Å². The average Bonchev–Trinajstić information content (AvgIpc) is 2.29. The van der Waals surface area contributed by atoms with Crippen LogP contribution in [0.25, 0.3) is 5.57 Å². The Morgan fingerprint density at radius 3 is 2.24 bits per heavy atom. The minimum atomic E-state index is -0.502. The largest absolute Gasteiger partial charge is 0.398 e. The first-order valence-corrected chi connectivity index (χ1v) is 5.09. The lowest BCUT2D eigenvalue weighted by atomic mass is 9.97. The summed E-state index contributed by atoms with van der Waals surface area (Å²) in [5.74, 6) is -0.946. The zero-order valence-corrected chi connectivity index (χ0v) is 9.08. The fourth-order valence-electron chi connectivity index (χ4n) is 1.70. The molecule has 2 rings (SSSR count). The number of hydrogen-bond donors (Lipinski definition) is 1. The molecule has 86 valence electrons. The normalized spacial score (nSPS) is 10.2. The monoisotopic (exact) mass is 231 g/mol. The third-order valence-electron chi connectivity index (χ3n) is 2.55. The van der Waals surface area contributed by atoms with Crippen LogP contribution in [0.5, 0.6) is 0 Å². The lowest BCUT2D eigenvalue weighted by molar-refractivity contribution is 0.619. The first-order chi connectivity index (χ1) is 8.11. The second-order valence-corrected chi connectivity index (χ2v) is 3.66. The van der Waals surface area contributed by atoms with Crippen LogP contribution in [0, 0.1) is 11.6 Å². The summed E-state index contributed by atoms with van der Waals surface area (Å²) in [5, 5.41) is 0. The van der Waals surface area contributed by atoms with Gasteiger partial charge in [-0.3, -0.25) is 0 Å². The van der Waals surface area contributed by atoms with E-state index < -0.39 is 11.6 Å². The SMILES string of the molecule is C=C(c1ccccc1F)c1c(N)cccc1F. The van der Waals surface area contributed by atoms with Gasteiger partial charge in [0.2, 0.25) is 0 Å². The molecular formula is C14H11F2N. The Morgan fingerprint density at radius 1 is 0.941 bits per heavy atom. The van der Waals surface area contributed by atoms with Crippen molar-refractivity contribution in [1.29, 1.82) is 0 Å². The summed E-state index contributed by atoms with van der Waals surface area (Å²) >= 11 is 0. The van der Waals surface area contributed by atoms with Crippen molar-refractivity contribution in [3.05, 3.63) is 71.8 Å². The van der Waals surface area contributed by atoms with E-state index in [0.717, 1.165) is 0 Å². The fourth-order valence-corrected chi connectivity index (χ4v) is 1.70. The Balaban J connectivity index is 2.56. The van der Waals surface area contributed by atoms with E-state index in [1.54, 1.807) is 24.3 Å². The molecule has 0 radical (unpaired) electrons. The second kappa shape index (κ2) is 4.37. The lowest BCUT2D eigenvalue weighted by Crippen LogP contribution is -1.99. The van der Waals surface area contributed by atoms with Crippen molar-refractivity contribution in [3.63, 3.8) is 0 Å². The maximum Gasteiger partial charge on any atom is 0.133 e. The average molecular weight is 231 g/mol. The number of halogens is 2. The maximum atomic E-state index is 13.7. The third-order valence-corrected chi connectivity index (χ3v) is 2.55. The van der Waals surface area contributed by atoms with Gasteiger partial charge >= 0.3 is 0 Å². The number of nitrogen functional groups attached to an aromatic ring is 1. The van der Waals surface area contributed by atoms with Crippen LogP contribution in [-0.4, -0.2) is 0 Å². The van der Waals surface area contributed by atoms with Crippen molar-refractivity contribution in [1.82, 2.24) is 0 Å². The van der Waals surface area contributed by atoms with Crippen LogP contribution in [0.15, 0.2) is 49.0 Å². The topological polar surface area (TPSA) is 26.0 Å². The Labute approximate surface area is 98.2 Å². The van der Waals surface area contributed by atoms with Gasteiger partial charge in [-0.05, 0) is 23.8 Å². The third kappa shape index (κ3) is 2.04. The number of nitrogens with two attached hydrogens (primary N) is 1. The fraction of sp³-hybridized carbons (Fsp3) is 0. The zero-order valence-electron chi connectivity index (χ0n) is 9.08. The Morgan fingerprint density at radius 2 is 1.59 bits per heavy atom. The van der Waals surface area contributed by atoms with Gasteiger partial charge in [0.25, 0.3) is 0 Å². The summed E-state index contributed by atoms with van der Waals surface area (Å²) < 4.78 is 27.2. The molecule has 0 aromatic heterocycles. The van der Waals surface area contributed by atoms with Crippen LogP contribution in [0.4, 0.5) is 14.5 Å². The molecule has 0 aliphatic heterocycles. The lowest BCUT2D eigenvalue weighted by Gasteiger charge is -2.11. The number of anilines is 1. The zero-order chi connectivity index (χ0) is 12.4. The van der Waals surface area contributed by atoms with Gasteiger partial charge in [0.15, 0.2) is 0 Å². The molecule has 0 unspecified atom stereocenters. The van der Waals surface area contributed by atoms with E-state index in [1.807, 2.05) is 0 Å². The van der Waals surface area contributed by atoms with E-state index in [0.29, 0.717) is 0 Å². The van der Waals surface area contributed by atoms with E-state index >= 15 is 0 Å². The van der Waals surface area contributed by atoms with Crippen LogP contribution in [0.1, 0.15) is 11.1 Å². The van der Waals surface area contributed by atoms with Crippen molar-refractivity contribution >= 4 is 11.3 Å². The van der Waals surface area contributed by atoms with Gasteiger partial charge in [0.1, 0.15) is 11.6 Å². The molecule has 0 fully saturated rings. The number of rotatable bonds is 2. The summed E-state index contributed by atoms with van der Waals surface area (Å²) in [6.45, 7) is 3.72. The molecule has 0 amide bonds. The molecule has 0 aliphatic carbocycles. The number of hydrogen-bond acceptors (Lipinski definition) is 1. The minimum absolute atomic E-state index is 0.151. The predicted molar refractivity (Wildman–Crippen MR) is 65.3 cm³/mol. The Hall–Kier alpha value is -2.16. The molecular weight excluding hydrogens is 220 g/mol. The highest BCUT2D eigenvalue weighted by atomic mass is 19.1. The Bertz CT molecular complexity index is 556. The first-order valence-electron chi connectivity index (χ1n) is 5.09. The smallest absolute Gasteiger partial charge is 0.133 e. The first kappa shape index (κ1) is 11.3. The van der Waals surface area contributed by atoms with Crippen LogP contribution < -0.4 is 5.73 Å².